The SMILES string of the molecule is CN(CC1CCCCO1)CC1C(O)C(C)(C)OC1(C)C. The van der Waals surface area contributed by atoms with Crippen LogP contribution in [0.15, 0.2) is 0 Å². The summed E-state index contributed by atoms with van der Waals surface area (Å²) in [6, 6.07) is 0. The fourth-order valence-electron chi connectivity index (χ4n) is 3.71. The molecule has 2 aliphatic rings. The minimum Gasteiger partial charge on any atom is -0.390 e. The van der Waals surface area contributed by atoms with Crippen molar-refractivity contribution in [2.75, 3.05) is 26.7 Å². The van der Waals surface area contributed by atoms with Crippen LogP contribution in [0.25, 0.3) is 0 Å². The monoisotopic (exact) mass is 285 g/mol. The van der Waals surface area contributed by atoms with Crippen LogP contribution >= 0.6 is 0 Å². The van der Waals surface area contributed by atoms with E-state index in [2.05, 4.69) is 25.8 Å². The Bertz CT molecular complexity index is 324. The highest BCUT2D eigenvalue weighted by Gasteiger charge is 2.53. The predicted molar refractivity (Wildman–Crippen MR) is 79.8 cm³/mol. The summed E-state index contributed by atoms with van der Waals surface area (Å²) in [7, 11) is 2.12. The zero-order valence-electron chi connectivity index (χ0n) is 13.7. The van der Waals surface area contributed by atoms with E-state index in [1.165, 1.54) is 12.8 Å². The molecule has 0 aromatic rings. The van der Waals surface area contributed by atoms with Gasteiger partial charge in [-0.1, -0.05) is 0 Å². The Labute approximate surface area is 123 Å². The fourth-order valence-corrected chi connectivity index (χ4v) is 3.71. The highest BCUT2D eigenvalue weighted by molar-refractivity contribution is 5.02. The van der Waals surface area contributed by atoms with Crippen LogP contribution in [0.5, 0.6) is 0 Å². The van der Waals surface area contributed by atoms with E-state index < -0.39 is 11.7 Å². The van der Waals surface area contributed by atoms with Gasteiger partial charge in [-0.05, 0) is 54.0 Å². The normalized spacial score (nSPS) is 36.5. The molecule has 2 heterocycles. The zero-order valence-corrected chi connectivity index (χ0v) is 13.7. The van der Waals surface area contributed by atoms with Gasteiger partial charge in [-0.2, -0.15) is 0 Å². The smallest absolute Gasteiger partial charge is 0.0896 e. The Kier molecular flexibility index (Phi) is 4.80. The lowest BCUT2D eigenvalue weighted by Gasteiger charge is -2.33. The van der Waals surface area contributed by atoms with Gasteiger partial charge in [0.25, 0.3) is 0 Å². The molecule has 0 aliphatic carbocycles. The number of likely N-dealkylation sites (N-methyl/N-ethyl adjacent to an activating group) is 1. The highest BCUT2D eigenvalue weighted by atomic mass is 16.5. The largest absolute Gasteiger partial charge is 0.390 e. The van der Waals surface area contributed by atoms with Crippen molar-refractivity contribution in [3.63, 3.8) is 0 Å². The number of rotatable bonds is 4. The summed E-state index contributed by atoms with van der Waals surface area (Å²) in [5.74, 6) is 0.131. The van der Waals surface area contributed by atoms with Gasteiger partial charge >= 0.3 is 0 Å². The lowest BCUT2D eigenvalue weighted by Crippen LogP contribution is -2.44. The van der Waals surface area contributed by atoms with E-state index in [0.29, 0.717) is 6.10 Å². The van der Waals surface area contributed by atoms with Crippen LogP contribution in [0.4, 0.5) is 0 Å². The molecule has 3 unspecified atom stereocenters. The number of aliphatic hydroxyl groups is 1. The Morgan fingerprint density at radius 3 is 2.30 bits per heavy atom. The molecule has 0 aromatic heterocycles. The Morgan fingerprint density at radius 2 is 1.80 bits per heavy atom. The van der Waals surface area contributed by atoms with E-state index in [1.54, 1.807) is 0 Å². The number of hydrogen-bond acceptors (Lipinski definition) is 4. The van der Waals surface area contributed by atoms with Crippen molar-refractivity contribution in [2.24, 2.45) is 5.92 Å². The summed E-state index contributed by atoms with van der Waals surface area (Å²) in [5, 5.41) is 10.5. The Morgan fingerprint density at radius 1 is 1.10 bits per heavy atom. The molecule has 0 saturated carbocycles. The van der Waals surface area contributed by atoms with Crippen LogP contribution in [0, 0.1) is 5.92 Å². The first-order chi connectivity index (χ1) is 9.22. The minimum atomic E-state index is -0.462. The molecule has 2 saturated heterocycles. The van der Waals surface area contributed by atoms with Crippen molar-refractivity contribution in [2.45, 2.75) is 70.4 Å². The van der Waals surface area contributed by atoms with Gasteiger partial charge < -0.3 is 19.5 Å². The van der Waals surface area contributed by atoms with E-state index >= 15 is 0 Å². The Hall–Kier alpha value is -0.160. The van der Waals surface area contributed by atoms with Crippen molar-refractivity contribution >= 4 is 0 Å². The first-order valence-electron chi connectivity index (χ1n) is 7.91. The van der Waals surface area contributed by atoms with E-state index in [9.17, 15) is 5.11 Å². The average Bonchev–Trinajstić information content (AvgIpc) is 2.49. The van der Waals surface area contributed by atoms with E-state index in [-0.39, 0.29) is 11.5 Å². The Balaban J connectivity index is 1.91. The van der Waals surface area contributed by atoms with Crippen LogP contribution in [0.2, 0.25) is 0 Å². The lowest BCUT2D eigenvalue weighted by atomic mass is 9.84. The second-order valence-electron chi connectivity index (χ2n) is 7.57. The number of ether oxygens (including phenoxy) is 2. The van der Waals surface area contributed by atoms with Crippen LogP contribution in [0.1, 0.15) is 47.0 Å². The molecule has 2 rings (SSSR count). The third-order valence-corrected chi connectivity index (χ3v) is 4.81. The standard InChI is InChI=1S/C16H31NO3/c1-15(2)13(14(18)16(3,4)20-15)11-17(5)10-12-8-6-7-9-19-12/h12-14,18H,6-11H2,1-5H3. The number of hydrogen-bond donors (Lipinski definition) is 1. The van der Waals surface area contributed by atoms with Crippen molar-refractivity contribution in [3.05, 3.63) is 0 Å². The fraction of sp³-hybridized carbons (Fsp3) is 1.00. The van der Waals surface area contributed by atoms with Crippen LogP contribution in [0.3, 0.4) is 0 Å². The molecule has 0 spiro atoms. The van der Waals surface area contributed by atoms with Crippen molar-refractivity contribution in [3.8, 4) is 0 Å². The maximum absolute atomic E-state index is 10.5. The molecule has 0 amide bonds. The second-order valence-corrected chi connectivity index (χ2v) is 7.57. The molecule has 4 nitrogen and oxygen atoms in total. The summed E-state index contributed by atoms with van der Waals surface area (Å²) in [6.07, 6.45) is 3.54. The maximum atomic E-state index is 10.5. The predicted octanol–water partition coefficient (Wildman–Crippen LogP) is 2.05. The molecule has 2 aliphatic heterocycles. The molecular weight excluding hydrogens is 254 g/mol. The molecule has 3 atom stereocenters. The van der Waals surface area contributed by atoms with Gasteiger partial charge in [0.05, 0.1) is 23.4 Å². The first kappa shape index (κ1) is 16.2. The highest BCUT2D eigenvalue weighted by Crippen LogP contribution is 2.42. The summed E-state index contributed by atoms with van der Waals surface area (Å²) in [6.45, 7) is 10.8. The van der Waals surface area contributed by atoms with Gasteiger partial charge in [0.2, 0.25) is 0 Å². The third kappa shape index (κ3) is 3.53. The lowest BCUT2D eigenvalue weighted by molar-refractivity contribution is -0.0915. The molecular formula is C16H31NO3. The van der Waals surface area contributed by atoms with E-state index in [1.807, 2.05) is 13.8 Å². The van der Waals surface area contributed by atoms with Gasteiger partial charge in [0.1, 0.15) is 0 Å². The number of aliphatic hydroxyl groups excluding tert-OH is 1. The molecule has 0 aromatic carbocycles. The summed E-state index contributed by atoms with van der Waals surface area (Å²) in [4.78, 5) is 2.29. The van der Waals surface area contributed by atoms with E-state index in [4.69, 9.17) is 9.47 Å². The average molecular weight is 285 g/mol. The van der Waals surface area contributed by atoms with Crippen LogP contribution in [-0.4, -0.2) is 60.2 Å². The molecule has 20 heavy (non-hydrogen) atoms. The maximum Gasteiger partial charge on any atom is 0.0896 e. The summed E-state index contributed by atoms with van der Waals surface area (Å²) < 4.78 is 11.8. The molecule has 4 heteroatoms. The van der Waals surface area contributed by atoms with Gasteiger partial charge in [0.15, 0.2) is 0 Å². The summed E-state index contributed by atoms with van der Waals surface area (Å²) in [5.41, 5.74) is -0.749. The van der Waals surface area contributed by atoms with Gasteiger partial charge in [-0.25, -0.2) is 0 Å². The van der Waals surface area contributed by atoms with Gasteiger partial charge in [-0.3, -0.25) is 0 Å². The topological polar surface area (TPSA) is 41.9 Å². The van der Waals surface area contributed by atoms with Crippen LogP contribution < -0.4 is 0 Å². The quantitative estimate of drug-likeness (QED) is 0.858. The molecule has 0 bridgehead atoms. The van der Waals surface area contributed by atoms with Crippen molar-refractivity contribution in [1.82, 2.24) is 4.90 Å². The van der Waals surface area contributed by atoms with Gasteiger partial charge in [-0.15, -0.1) is 0 Å². The first-order valence-corrected chi connectivity index (χ1v) is 7.91. The minimum absolute atomic E-state index is 0.131. The van der Waals surface area contributed by atoms with Crippen molar-refractivity contribution in [1.29, 1.82) is 0 Å². The molecule has 118 valence electrons. The molecule has 2 fully saturated rings. The second kappa shape index (κ2) is 5.91. The number of nitrogens with zero attached hydrogens (tertiary/aromatic N) is 1. The molecule has 0 radical (unpaired) electrons. The zero-order chi connectivity index (χ0) is 15.0. The third-order valence-electron chi connectivity index (χ3n) is 4.81. The molecule has 1 N–H and O–H groups in total. The van der Waals surface area contributed by atoms with Crippen LogP contribution in [-0.2, 0) is 9.47 Å². The van der Waals surface area contributed by atoms with E-state index in [0.717, 1.165) is 26.1 Å². The summed E-state index contributed by atoms with van der Waals surface area (Å²) >= 11 is 0. The van der Waals surface area contributed by atoms with Gasteiger partial charge in [0, 0.05) is 25.6 Å². The van der Waals surface area contributed by atoms with Crippen molar-refractivity contribution < 1.29 is 14.6 Å².